The molecule has 0 spiro atoms. The number of Topliss-reactive ketones (excluding diaryl/α,β-unsaturated/α-hetero) is 1. The number of H-pyrrole nitrogens is 1. The minimum atomic E-state index is -0.00378. The van der Waals surface area contributed by atoms with E-state index in [2.05, 4.69) is 46.2 Å². The first-order chi connectivity index (χ1) is 14.5. The highest BCUT2D eigenvalue weighted by molar-refractivity contribution is 7.17. The fourth-order valence-corrected chi connectivity index (χ4v) is 3.69. The smallest absolute Gasteiger partial charge is 0.231 e. The zero-order valence-electron chi connectivity index (χ0n) is 16.6. The number of nitrogens with zero attached hydrogens (tertiary/aromatic N) is 6. The van der Waals surface area contributed by atoms with E-state index in [0.29, 0.717) is 39.8 Å². The predicted octanol–water partition coefficient (Wildman–Crippen LogP) is 3.29. The summed E-state index contributed by atoms with van der Waals surface area (Å²) in [5, 5.41) is 20.9. The first-order valence-electron chi connectivity index (χ1n) is 9.15. The third kappa shape index (κ3) is 4.46. The maximum Gasteiger partial charge on any atom is 0.231 e. The molecule has 3 aromatic heterocycles. The van der Waals surface area contributed by atoms with Crippen LogP contribution in [0.5, 0.6) is 0 Å². The molecule has 1 aromatic carbocycles. The summed E-state index contributed by atoms with van der Waals surface area (Å²) in [6, 6.07) is 9.74. The van der Waals surface area contributed by atoms with Gasteiger partial charge in [0.2, 0.25) is 11.8 Å². The monoisotopic (exact) mass is 421 g/mol. The zero-order valence-corrected chi connectivity index (χ0v) is 17.4. The Bertz CT molecular complexity index is 1170. The molecule has 0 saturated heterocycles. The number of rotatable bonds is 7. The average Bonchev–Trinajstić information content (AvgIpc) is 3.36. The molecule has 4 aromatic rings. The van der Waals surface area contributed by atoms with Crippen molar-refractivity contribution in [1.29, 1.82) is 0 Å². The number of thiazole rings is 1. The van der Waals surface area contributed by atoms with Crippen LogP contribution in [0.25, 0.3) is 11.4 Å². The van der Waals surface area contributed by atoms with Crippen molar-refractivity contribution in [1.82, 2.24) is 35.6 Å². The van der Waals surface area contributed by atoms with Crippen molar-refractivity contribution >= 4 is 34.0 Å². The molecule has 10 nitrogen and oxygen atoms in total. The number of hydrogen-bond acceptors (Lipinski definition) is 10. The third-order valence-corrected chi connectivity index (χ3v) is 5.39. The fraction of sp³-hybridized carbons (Fsp3) is 0.211. The second-order valence-electron chi connectivity index (χ2n) is 6.62. The Hall–Kier alpha value is -3.73. The van der Waals surface area contributed by atoms with Gasteiger partial charge in [-0.05, 0) is 24.6 Å². The molecule has 3 N–H and O–H groups in total. The van der Waals surface area contributed by atoms with Gasteiger partial charge in [0, 0.05) is 30.8 Å². The lowest BCUT2D eigenvalue weighted by Crippen LogP contribution is -2.05. The van der Waals surface area contributed by atoms with E-state index in [-0.39, 0.29) is 5.78 Å². The van der Waals surface area contributed by atoms with E-state index in [1.54, 1.807) is 0 Å². The summed E-state index contributed by atoms with van der Waals surface area (Å²) in [6.45, 7) is 5.83. The Kier molecular flexibility index (Phi) is 5.44. The van der Waals surface area contributed by atoms with E-state index in [1.807, 2.05) is 44.2 Å². The van der Waals surface area contributed by atoms with E-state index in [0.717, 1.165) is 16.8 Å². The molecular formula is C19H19N9OS. The van der Waals surface area contributed by atoms with Crippen LogP contribution >= 0.6 is 11.3 Å². The largest absolute Gasteiger partial charge is 0.366 e. The van der Waals surface area contributed by atoms with Gasteiger partial charge in [-0.15, -0.1) is 10.2 Å². The lowest BCUT2D eigenvalue weighted by molar-refractivity contribution is 0.102. The maximum atomic E-state index is 11.6. The summed E-state index contributed by atoms with van der Waals surface area (Å²) in [5.74, 6) is 1.67. The molecular weight excluding hydrogens is 402 g/mol. The minimum absolute atomic E-state index is 0.00378. The van der Waals surface area contributed by atoms with Gasteiger partial charge in [-0.1, -0.05) is 35.6 Å². The SMILES string of the molecule is CC(=O)c1sc(Nc2nc(C)cc(NCc3ccc(-c4nn[nH]n4)cc3)n2)nc1C. The second-order valence-corrected chi connectivity index (χ2v) is 7.62. The molecule has 0 aliphatic carbocycles. The molecule has 0 bridgehead atoms. The van der Waals surface area contributed by atoms with Gasteiger partial charge >= 0.3 is 0 Å². The van der Waals surface area contributed by atoms with Crippen LogP contribution in [0.1, 0.15) is 33.5 Å². The minimum Gasteiger partial charge on any atom is -0.366 e. The number of aromatic nitrogens is 7. The number of tetrazole rings is 1. The Balaban J connectivity index is 1.44. The summed E-state index contributed by atoms with van der Waals surface area (Å²) >= 11 is 1.30. The van der Waals surface area contributed by atoms with Gasteiger partial charge < -0.3 is 5.32 Å². The summed E-state index contributed by atoms with van der Waals surface area (Å²) in [5.41, 5.74) is 3.47. The van der Waals surface area contributed by atoms with Crippen molar-refractivity contribution in [3.05, 3.63) is 52.2 Å². The summed E-state index contributed by atoms with van der Waals surface area (Å²) in [7, 11) is 0. The lowest BCUT2D eigenvalue weighted by atomic mass is 10.1. The van der Waals surface area contributed by atoms with E-state index in [1.165, 1.54) is 18.3 Å². The third-order valence-electron chi connectivity index (χ3n) is 4.22. The molecule has 0 unspecified atom stereocenters. The van der Waals surface area contributed by atoms with Crippen LogP contribution in [0.4, 0.5) is 16.9 Å². The molecule has 0 saturated carbocycles. The van der Waals surface area contributed by atoms with E-state index in [9.17, 15) is 4.79 Å². The number of ketones is 1. The summed E-state index contributed by atoms with van der Waals surface area (Å²) in [6.07, 6.45) is 0. The fourth-order valence-electron chi connectivity index (χ4n) is 2.84. The first-order valence-corrected chi connectivity index (χ1v) is 9.97. The highest BCUT2D eigenvalue weighted by Gasteiger charge is 2.13. The number of aryl methyl sites for hydroxylation is 2. The average molecular weight is 421 g/mol. The zero-order chi connectivity index (χ0) is 21.1. The van der Waals surface area contributed by atoms with Crippen LogP contribution in [0.15, 0.2) is 30.3 Å². The van der Waals surface area contributed by atoms with E-state index >= 15 is 0 Å². The Labute approximate surface area is 176 Å². The first kappa shape index (κ1) is 19.6. The van der Waals surface area contributed by atoms with Gasteiger partial charge in [-0.3, -0.25) is 10.1 Å². The molecule has 4 rings (SSSR count). The summed E-state index contributed by atoms with van der Waals surface area (Å²) in [4.78, 5) is 25.6. The Morgan fingerprint density at radius 3 is 2.60 bits per heavy atom. The molecule has 0 radical (unpaired) electrons. The van der Waals surface area contributed by atoms with Gasteiger partial charge in [-0.25, -0.2) is 9.97 Å². The number of carbonyl (C=O) groups is 1. The van der Waals surface area contributed by atoms with Crippen molar-refractivity contribution in [2.75, 3.05) is 10.6 Å². The molecule has 30 heavy (non-hydrogen) atoms. The number of carbonyl (C=O) groups excluding carboxylic acids is 1. The molecule has 0 fully saturated rings. The van der Waals surface area contributed by atoms with Crippen LogP contribution in [0.3, 0.4) is 0 Å². The van der Waals surface area contributed by atoms with Gasteiger partial charge in [0.05, 0.1) is 10.6 Å². The van der Waals surface area contributed by atoms with E-state index < -0.39 is 0 Å². The van der Waals surface area contributed by atoms with Crippen molar-refractivity contribution in [3.63, 3.8) is 0 Å². The molecule has 152 valence electrons. The van der Waals surface area contributed by atoms with Crippen molar-refractivity contribution < 1.29 is 4.79 Å². The number of aromatic amines is 1. The highest BCUT2D eigenvalue weighted by atomic mass is 32.1. The topological polar surface area (TPSA) is 134 Å². The molecule has 0 amide bonds. The molecule has 11 heteroatoms. The Morgan fingerprint density at radius 2 is 1.93 bits per heavy atom. The number of nitrogens with one attached hydrogen (secondary N) is 3. The standard InChI is InChI=1S/C19H19N9OS/c1-10-8-15(20-9-13-4-6-14(7-5-13)17-25-27-28-26-17)23-18(21-10)24-19-22-11(2)16(30-19)12(3)29/h4-8H,9H2,1-3H3,(H,25,26,27,28)(H2,20,21,22,23,24). The van der Waals surface area contributed by atoms with Crippen LogP contribution in [-0.4, -0.2) is 41.4 Å². The quantitative estimate of drug-likeness (QED) is 0.384. The number of anilines is 3. The van der Waals surface area contributed by atoms with Gasteiger partial charge in [-0.2, -0.15) is 10.2 Å². The van der Waals surface area contributed by atoms with Crippen molar-refractivity contribution in [3.8, 4) is 11.4 Å². The summed E-state index contributed by atoms with van der Waals surface area (Å²) < 4.78 is 0. The van der Waals surface area contributed by atoms with E-state index in [4.69, 9.17) is 0 Å². The second kappa shape index (κ2) is 8.33. The number of benzene rings is 1. The highest BCUT2D eigenvalue weighted by Crippen LogP contribution is 2.25. The van der Waals surface area contributed by atoms with Gasteiger partial charge in [0.25, 0.3) is 0 Å². The van der Waals surface area contributed by atoms with Crippen molar-refractivity contribution in [2.45, 2.75) is 27.3 Å². The predicted molar refractivity (Wildman–Crippen MR) is 114 cm³/mol. The molecule has 0 aliphatic rings. The molecule has 3 heterocycles. The molecule has 0 atom stereocenters. The normalized spacial score (nSPS) is 10.8. The molecule has 0 aliphatic heterocycles. The van der Waals surface area contributed by atoms with Crippen molar-refractivity contribution in [2.24, 2.45) is 0 Å². The van der Waals surface area contributed by atoms with Gasteiger partial charge in [0.1, 0.15) is 5.82 Å². The van der Waals surface area contributed by atoms with Crippen LogP contribution in [0, 0.1) is 13.8 Å². The Morgan fingerprint density at radius 1 is 1.13 bits per heavy atom. The number of hydrogen-bond donors (Lipinski definition) is 3. The lowest BCUT2D eigenvalue weighted by Gasteiger charge is -2.09. The van der Waals surface area contributed by atoms with Gasteiger partial charge in [0.15, 0.2) is 10.9 Å². The van der Waals surface area contributed by atoms with Crippen LogP contribution in [0.2, 0.25) is 0 Å². The maximum absolute atomic E-state index is 11.6. The van der Waals surface area contributed by atoms with Crippen LogP contribution < -0.4 is 10.6 Å². The van der Waals surface area contributed by atoms with Crippen LogP contribution in [-0.2, 0) is 6.54 Å².